The van der Waals surface area contributed by atoms with Crippen molar-refractivity contribution in [2.45, 2.75) is 64.5 Å². The molecular formula is C19H25F3O2. The summed E-state index contributed by atoms with van der Waals surface area (Å²) in [7, 11) is 0. The van der Waals surface area contributed by atoms with Gasteiger partial charge in [-0.1, -0.05) is 32.6 Å². The molecule has 0 aromatic heterocycles. The summed E-state index contributed by atoms with van der Waals surface area (Å²) in [5.41, 5.74) is -0.741. The molecule has 134 valence electrons. The van der Waals surface area contributed by atoms with Crippen LogP contribution in [-0.4, -0.2) is 5.97 Å². The van der Waals surface area contributed by atoms with Crippen molar-refractivity contribution in [3.8, 4) is 5.75 Å². The topological polar surface area (TPSA) is 26.3 Å². The van der Waals surface area contributed by atoms with Crippen molar-refractivity contribution >= 4 is 5.97 Å². The zero-order valence-corrected chi connectivity index (χ0v) is 14.1. The molecule has 2 rings (SSSR count). The molecule has 0 heterocycles. The van der Waals surface area contributed by atoms with Crippen LogP contribution in [0.15, 0.2) is 24.3 Å². The lowest BCUT2D eigenvalue weighted by Gasteiger charge is -2.27. The van der Waals surface area contributed by atoms with E-state index in [9.17, 15) is 18.0 Å². The largest absolute Gasteiger partial charge is 0.426 e. The number of carbonyl (C=O) groups excluding carboxylic acids is 1. The van der Waals surface area contributed by atoms with Crippen LogP contribution in [-0.2, 0) is 11.0 Å². The first kappa shape index (κ1) is 18.8. The summed E-state index contributed by atoms with van der Waals surface area (Å²) in [6.45, 7) is 2.19. The summed E-state index contributed by atoms with van der Waals surface area (Å²) in [6.07, 6.45) is 4.29. The first-order valence-corrected chi connectivity index (χ1v) is 8.79. The average Bonchev–Trinajstić information content (AvgIpc) is 2.55. The number of benzene rings is 1. The molecule has 1 aliphatic carbocycles. The number of alkyl halides is 3. The molecule has 0 N–H and O–H groups in total. The van der Waals surface area contributed by atoms with Gasteiger partial charge in [0.05, 0.1) is 11.5 Å². The van der Waals surface area contributed by atoms with Crippen molar-refractivity contribution in [2.24, 2.45) is 11.8 Å². The first-order valence-electron chi connectivity index (χ1n) is 8.79. The molecule has 1 saturated carbocycles. The van der Waals surface area contributed by atoms with Gasteiger partial charge < -0.3 is 4.74 Å². The van der Waals surface area contributed by atoms with Gasteiger partial charge in [-0.2, -0.15) is 13.2 Å². The Morgan fingerprint density at radius 1 is 1.08 bits per heavy atom. The smallest absolute Gasteiger partial charge is 0.416 e. The third-order valence-electron chi connectivity index (χ3n) is 4.80. The first-order chi connectivity index (χ1) is 11.4. The monoisotopic (exact) mass is 342 g/mol. The molecule has 5 heteroatoms. The Hall–Kier alpha value is -1.52. The fourth-order valence-electron chi connectivity index (χ4n) is 3.28. The Balaban J connectivity index is 1.79. The van der Waals surface area contributed by atoms with Gasteiger partial charge >= 0.3 is 12.1 Å². The van der Waals surface area contributed by atoms with Crippen LogP contribution in [0, 0.1) is 11.8 Å². The fraction of sp³-hybridized carbons (Fsp3) is 0.632. The fourth-order valence-corrected chi connectivity index (χ4v) is 3.28. The molecule has 0 bridgehead atoms. The van der Waals surface area contributed by atoms with Crippen LogP contribution in [0.1, 0.15) is 63.9 Å². The normalized spacial score (nSPS) is 21.5. The molecule has 0 radical (unpaired) electrons. The number of unbranched alkanes of at least 4 members (excludes halogenated alkanes) is 2. The summed E-state index contributed by atoms with van der Waals surface area (Å²) in [5, 5.41) is 0. The highest BCUT2D eigenvalue weighted by Gasteiger charge is 2.31. The van der Waals surface area contributed by atoms with Gasteiger partial charge in [0.15, 0.2) is 0 Å². The summed E-state index contributed by atoms with van der Waals surface area (Å²) >= 11 is 0. The third-order valence-corrected chi connectivity index (χ3v) is 4.80. The maximum atomic E-state index is 12.5. The average molecular weight is 342 g/mol. The van der Waals surface area contributed by atoms with Gasteiger partial charge in [0, 0.05) is 0 Å². The summed E-state index contributed by atoms with van der Waals surface area (Å²) in [5.74, 6) is 0.432. The van der Waals surface area contributed by atoms with E-state index in [1.807, 2.05) is 0 Å². The quantitative estimate of drug-likeness (QED) is 0.360. The number of hydrogen-bond acceptors (Lipinski definition) is 2. The SMILES string of the molecule is CCCCCC1CCC(C(=O)Oc2ccc(C(F)(F)F)cc2)CC1. The van der Waals surface area contributed by atoms with Crippen LogP contribution in [0.4, 0.5) is 13.2 Å². The number of esters is 1. The molecule has 0 unspecified atom stereocenters. The second-order valence-corrected chi connectivity index (χ2v) is 6.66. The van der Waals surface area contributed by atoms with E-state index in [-0.39, 0.29) is 17.6 Å². The highest BCUT2D eigenvalue weighted by atomic mass is 19.4. The second kappa shape index (κ2) is 8.54. The Bertz CT molecular complexity index is 514. The van der Waals surface area contributed by atoms with Crippen molar-refractivity contribution in [3.63, 3.8) is 0 Å². The van der Waals surface area contributed by atoms with Gasteiger partial charge in [0.2, 0.25) is 0 Å². The Kier molecular flexibility index (Phi) is 6.69. The van der Waals surface area contributed by atoms with Crippen LogP contribution in [0.5, 0.6) is 5.75 Å². The van der Waals surface area contributed by atoms with Crippen LogP contribution < -0.4 is 4.74 Å². The van der Waals surface area contributed by atoms with E-state index >= 15 is 0 Å². The number of ether oxygens (including phenoxy) is 1. The predicted octanol–water partition coefficient (Wildman–Crippen LogP) is 6.00. The van der Waals surface area contributed by atoms with Gasteiger partial charge in [-0.3, -0.25) is 4.79 Å². The van der Waals surface area contributed by atoms with Crippen LogP contribution in [0.3, 0.4) is 0 Å². The highest BCUT2D eigenvalue weighted by Crippen LogP contribution is 2.34. The van der Waals surface area contributed by atoms with Gasteiger partial charge in [-0.05, 0) is 55.9 Å². The lowest BCUT2D eigenvalue weighted by atomic mass is 9.80. The molecule has 2 nitrogen and oxygen atoms in total. The van der Waals surface area contributed by atoms with Crippen molar-refractivity contribution in [1.82, 2.24) is 0 Å². The van der Waals surface area contributed by atoms with E-state index in [1.54, 1.807) is 0 Å². The number of rotatable bonds is 6. The van der Waals surface area contributed by atoms with E-state index in [2.05, 4.69) is 6.92 Å². The lowest BCUT2D eigenvalue weighted by molar-refractivity contribution is -0.140. The third kappa shape index (κ3) is 5.53. The van der Waals surface area contributed by atoms with E-state index in [0.29, 0.717) is 5.92 Å². The van der Waals surface area contributed by atoms with Crippen molar-refractivity contribution in [2.75, 3.05) is 0 Å². The Morgan fingerprint density at radius 2 is 1.71 bits per heavy atom. The van der Waals surface area contributed by atoms with Gasteiger partial charge in [0.25, 0.3) is 0 Å². The summed E-state index contributed by atoms with van der Waals surface area (Å²) in [6, 6.07) is 4.29. The van der Waals surface area contributed by atoms with Crippen LogP contribution >= 0.6 is 0 Å². The van der Waals surface area contributed by atoms with Crippen molar-refractivity contribution < 1.29 is 22.7 Å². The zero-order chi connectivity index (χ0) is 17.6. The molecule has 0 aliphatic heterocycles. The molecule has 0 atom stereocenters. The van der Waals surface area contributed by atoms with E-state index in [4.69, 9.17) is 4.74 Å². The van der Waals surface area contributed by atoms with Crippen molar-refractivity contribution in [1.29, 1.82) is 0 Å². The number of hydrogen-bond donors (Lipinski definition) is 0. The zero-order valence-electron chi connectivity index (χ0n) is 14.1. The van der Waals surface area contributed by atoms with E-state index < -0.39 is 11.7 Å². The minimum absolute atomic E-state index is 0.130. The maximum Gasteiger partial charge on any atom is 0.416 e. The molecule has 1 aromatic carbocycles. The molecule has 1 fully saturated rings. The lowest BCUT2D eigenvalue weighted by Crippen LogP contribution is -2.25. The standard InChI is InChI=1S/C19H25F3O2/c1-2-3-4-5-14-6-8-15(9-7-14)18(23)24-17-12-10-16(11-13-17)19(20,21)22/h10-15H,2-9H2,1H3. The minimum atomic E-state index is -4.38. The summed E-state index contributed by atoms with van der Waals surface area (Å²) in [4.78, 5) is 12.2. The predicted molar refractivity (Wildman–Crippen MR) is 86.7 cm³/mol. The van der Waals surface area contributed by atoms with Crippen molar-refractivity contribution in [3.05, 3.63) is 29.8 Å². The second-order valence-electron chi connectivity index (χ2n) is 6.66. The molecule has 0 amide bonds. The minimum Gasteiger partial charge on any atom is -0.426 e. The van der Waals surface area contributed by atoms with E-state index in [0.717, 1.165) is 37.8 Å². The Labute approximate surface area is 141 Å². The van der Waals surface area contributed by atoms with Gasteiger partial charge in [-0.25, -0.2) is 0 Å². The van der Waals surface area contributed by atoms with Gasteiger partial charge in [-0.15, -0.1) is 0 Å². The highest BCUT2D eigenvalue weighted by molar-refractivity contribution is 5.75. The number of carbonyl (C=O) groups is 1. The molecule has 0 saturated heterocycles. The van der Waals surface area contributed by atoms with Gasteiger partial charge in [0.1, 0.15) is 5.75 Å². The molecule has 1 aliphatic rings. The summed E-state index contributed by atoms with van der Waals surface area (Å²) < 4.78 is 42.8. The molecule has 24 heavy (non-hydrogen) atoms. The van der Waals surface area contributed by atoms with Crippen LogP contribution in [0.25, 0.3) is 0 Å². The van der Waals surface area contributed by atoms with E-state index in [1.165, 1.54) is 37.8 Å². The Morgan fingerprint density at radius 3 is 2.25 bits per heavy atom. The number of halogens is 3. The molecular weight excluding hydrogens is 317 g/mol. The molecule has 1 aromatic rings. The van der Waals surface area contributed by atoms with Crippen LogP contribution in [0.2, 0.25) is 0 Å². The maximum absolute atomic E-state index is 12.5. The molecule has 0 spiro atoms.